The van der Waals surface area contributed by atoms with Gasteiger partial charge in [-0.25, -0.2) is 9.69 Å². The third-order valence-corrected chi connectivity index (χ3v) is 6.28. The molecule has 3 aromatic carbocycles. The van der Waals surface area contributed by atoms with Crippen LogP contribution >= 0.6 is 39.1 Å². The first-order valence-electron chi connectivity index (χ1n) is 10.1. The minimum absolute atomic E-state index is 0.183. The Hall–Kier alpha value is -3.13. The van der Waals surface area contributed by atoms with Crippen LogP contribution in [-0.2, 0) is 16.2 Å². The standard InChI is InChI=1S/C25H17BrCl2N2O4/c1-14-2-6-18(7-3-14)30-24(32)19(23(31)29-25(30)33)12-16-11-17(26)5-9-22(16)34-13-15-4-8-20(27)21(28)10-15/h2-12H,13H2,1H3,(H,29,31,33)/b19-12+. The number of imide groups is 2. The summed E-state index contributed by atoms with van der Waals surface area (Å²) in [6.07, 6.45) is 1.40. The normalized spacial score (nSPS) is 15.0. The van der Waals surface area contributed by atoms with Crippen molar-refractivity contribution in [1.29, 1.82) is 0 Å². The summed E-state index contributed by atoms with van der Waals surface area (Å²) in [5.74, 6) is -1.08. The fraction of sp³-hybridized carbons (Fsp3) is 0.0800. The number of hydrogen-bond acceptors (Lipinski definition) is 4. The Bertz CT molecular complexity index is 1340. The highest BCUT2D eigenvalue weighted by Gasteiger charge is 2.37. The highest BCUT2D eigenvalue weighted by Crippen LogP contribution is 2.29. The summed E-state index contributed by atoms with van der Waals surface area (Å²) in [5, 5.41) is 3.07. The molecular formula is C25H17BrCl2N2O4. The summed E-state index contributed by atoms with van der Waals surface area (Å²) >= 11 is 15.4. The lowest BCUT2D eigenvalue weighted by Crippen LogP contribution is -2.54. The van der Waals surface area contributed by atoms with E-state index in [4.69, 9.17) is 27.9 Å². The molecule has 34 heavy (non-hydrogen) atoms. The van der Waals surface area contributed by atoms with Crippen molar-refractivity contribution < 1.29 is 19.1 Å². The van der Waals surface area contributed by atoms with Crippen molar-refractivity contribution in [3.63, 3.8) is 0 Å². The van der Waals surface area contributed by atoms with Crippen molar-refractivity contribution in [3.8, 4) is 5.75 Å². The third-order valence-electron chi connectivity index (χ3n) is 5.04. The molecule has 0 radical (unpaired) electrons. The van der Waals surface area contributed by atoms with Crippen LogP contribution in [0.2, 0.25) is 10.0 Å². The van der Waals surface area contributed by atoms with Crippen LogP contribution in [0, 0.1) is 6.92 Å². The van der Waals surface area contributed by atoms with E-state index >= 15 is 0 Å². The molecule has 4 amide bonds. The molecule has 0 unspecified atom stereocenters. The molecular weight excluding hydrogens is 543 g/mol. The summed E-state index contributed by atoms with van der Waals surface area (Å²) in [7, 11) is 0. The van der Waals surface area contributed by atoms with E-state index in [1.807, 2.05) is 6.92 Å². The van der Waals surface area contributed by atoms with E-state index in [0.717, 1.165) is 20.5 Å². The number of carbonyl (C=O) groups is 3. The first-order chi connectivity index (χ1) is 16.2. The molecule has 6 nitrogen and oxygen atoms in total. The SMILES string of the molecule is Cc1ccc(N2C(=O)NC(=O)/C(=C\c3cc(Br)ccc3OCc3ccc(Cl)c(Cl)c3)C2=O)cc1. The van der Waals surface area contributed by atoms with Gasteiger partial charge < -0.3 is 4.74 Å². The van der Waals surface area contributed by atoms with Crippen LogP contribution in [0.4, 0.5) is 10.5 Å². The lowest BCUT2D eigenvalue weighted by atomic mass is 10.1. The fourth-order valence-corrected chi connectivity index (χ4v) is 3.99. The quantitative estimate of drug-likeness (QED) is 0.293. The maximum Gasteiger partial charge on any atom is 0.335 e. The molecule has 1 heterocycles. The van der Waals surface area contributed by atoms with Gasteiger partial charge in [0.2, 0.25) is 0 Å². The monoisotopic (exact) mass is 558 g/mol. The molecule has 0 saturated carbocycles. The van der Waals surface area contributed by atoms with Gasteiger partial charge in [-0.1, -0.05) is 62.9 Å². The van der Waals surface area contributed by atoms with Gasteiger partial charge in [0, 0.05) is 10.0 Å². The van der Waals surface area contributed by atoms with E-state index < -0.39 is 17.8 Å². The molecule has 0 atom stereocenters. The molecule has 1 fully saturated rings. The molecule has 0 bridgehead atoms. The van der Waals surface area contributed by atoms with Gasteiger partial charge in [0.1, 0.15) is 17.9 Å². The van der Waals surface area contributed by atoms with Gasteiger partial charge in [-0.05, 0) is 61.0 Å². The number of aryl methyl sites for hydroxylation is 1. The predicted molar refractivity (Wildman–Crippen MR) is 135 cm³/mol. The minimum atomic E-state index is -0.804. The highest BCUT2D eigenvalue weighted by atomic mass is 79.9. The number of barbiturate groups is 1. The molecule has 1 saturated heterocycles. The van der Waals surface area contributed by atoms with Crippen molar-refractivity contribution in [2.24, 2.45) is 0 Å². The van der Waals surface area contributed by atoms with E-state index in [9.17, 15) is 14.4 Å². The van der Waals surface area contributed by atoms with Crippen molar-refractivity contribution in [3.05, 3.63) is 97.4 Å². The first kappa shape index (κ1) is 24.0. The van der Waals surface area contributed by atoms with Gasteiger partial charge in [-0.2, -0.15) is 0 Å². The molecule has 9 heteroatoms. The average Bonchev–Trinajstić information content (AvgIpc) is 2.79. The van der Waals surface area contributed by atoms with Gasteiger partial charge >= 0.3 is 6.03 Å². The lowest BCUT2D eigenvalue weighted by molar-refractivity contribution is -0.122. The van der Waals surface area contributed by atoms with Crippen LogP contribution < -0.4 is 15.0 Å². The van der Waals surface area contributed by atoms with Gasteiger partial charge in [-0.3, -0.25) is 14.9 Å². The number of amides is 4. The second kappa shape index (κ2) is 10.0. The second-order valence-electron chi connectivity index (χ2n) is 7.51. The predicted octanol–water partition coefficient (Wildman–Crippen LogP) is 6.31. The Labute approximate surface area is 214 Å². The topological polar surface area (TPSA) is 75.7 Å². The summed E-state index contributed by atoms with van der Waals surface area (Å²) < 4.78 is 6.66. The zero-order valence-electron chi connectivity index (χ0n) is 17.8. The molecule has 1 aliphatic heterocycles. The highest BCUT2D eigenvalue weighted by molar-refractivity contribution is 9.10. The summed E-state index contributed by atoms with van der Waals surface area (Å²) in [6.45, 7) is 2.08. The van der Waals surface area contributed by atoms with Crippen molar-refractivity contribution >= 4 is 68.7 Å². The zero-order chi connectivity index (χ0) is 24.4. The molecule has 0 aliphatic carbocycles. The van der Waals surface area contributed by atoms with Crippen LogP contribution in [0.15, 0.2) is 70.7 Å². The number of nitrogens with one attached hydrogen (secondary N) is 1. The fourth-order valence-electron chi connectivity index (χ4n) is 3.30. The average molecular weight is 560 g/mol. The van der Waals surface area contributed by atoms with Crippen LogP contribution in [0.25, 0.3) is 6.08 Å². The van der Waals surface area contributed by atoms with Crippen molar-refractivity contribution in [2.75, 3.05) is 4.90 Å². The number of anilines is 1. The first-order valence-corrected chi connectivity index (χ1v) is 11.6. The van der Waals surface area contributed by atoms with Crippen LogP contribution in [0.5, 0.6) is 5.75 Å². The maximum absolute atomic E-state index is 13.2. The van der Waals surface area contributed by atoms with Crippen molar-refractivity contribution in [1.82, 2.24) is 5.32 Å². The largest absolute Gasteiger partial charge is 0.488 e. The summed E-state index contributed by atoms with van der Waals surface area (Å²) in [5.41, 5.74) is 2.40. The smallest absolute Gasteiger partial charge is 0.335 e. The van der Waals surface area contributed by atoms with Gasteiger partial charge in [0.15, 0.2) is 0 Å². The summed E-state index contributed by atoms with van der Waals surface area (Å²) in [4.78, 5) is 39.1. The number of halogens is 3. The number of carbonyl (C=O) groups excluding carboxylic acids is 3. The minimum Gasteiger partial charge on any atom is -0.488 e. The Balaban J connectivity index is 1.66. The molecule has 172 valence electrons. The van der Waals surface area contributed by atoms with Crippen LogP contribution in [-0.4, -0.2) is 17.8 Å². The Morgan fingerprint density at radius 2 is 1.71 bits per heavy atom. The number of hydrogen-bond donors (Lipinski definition) is 1. The maximum atomic E-state index is 13.2. The number of benzene rings is 3. The van der Waals surface area contributed by atoms with E-state index in [0.29, 0.717) is 27.0 Å². The van der Waals surface area contributed by atoms with E-state index in [-0.39, 0.29) is 12.2 Å². The molecule has 3 aromatic rings. The number of rotatable bonds is 5. The zero-order valence-corrected chi connectivity index (χ0v) is 20.9. The molecule has 0 aromatic heterocycles. The van der Waals surface area contributed by atoms with Gasteiger partial charge in [0.05, 0.1) is 15.7 Å². The lowest BCUT2D eigenvalue weighted by Gasteiger charge is -2.26. The number of nitrogens with zero attached hydrogens (tertiary/aromatic N) is 1. The summed E-state index contributed by atoms with van der Waals surface area (Å²) in [6, 6.07) is 16.4. The number of ether oxygens (including phenoxy) is 1. The van der Waals surface area contributed by atoms with Gasteiger partial charge in [0.25, 0.3) is 11.8 Å². The van der Waals surface area contributed by atoms with E-state index in [1.54, 1.807) is 60.7 Å². The molecule has 1 N–H and O–H groups in total. The van der Waals surface area contributed by atoms with Crippen LogP contribution in [0.1, 0.15) is 16.7 Å². The van der Waals surface area contributed by atoms with Crippen molar-refractivity contribution in [2.45, 2.75) is 13.5 Å². The van der Waals surface area contributed by atoms with E-state index in [2.05, 4.69) is 21.2 Å². The Kier molecular flexibility index (Phi) is 7.07. The Morgan fingerprint density at radius 3 is 2.41 bits per heavy atom. The second-order valence-corrected chi connectivity index (χ2v) is 9.24. The molecule has 1 aliphatic rings. The number of urea groups is 1. The van der Waals surface area contributed by atoms with Gasteiger partial charge in [-0.15, -0.1) is 0 Å². The Morgan fingerprint density at radius 1 is 0.971 bits per heavy atom. The molecule has 0 spiro atoms. The molecule has 4 rings (SSSR count). The van der Waals surface area contributed by atoms with Crippen LogP contribution in [0.3, 0.4) is 0 Å². The third kappa shape index (κ3) is 5.17. The van der Waals surface area contributed by atoms with E-state index in [1.165, 1.54) is 6.08 Å².